The van der Waals surface area contributed by atoms with Gasteiger partial charge in [-0.15, -0.1) is 5.10 Å². The Hall–Kier alpha value is -2.17. The van der Waals surface area contributed by atoms with Gasteiger partial charge in [-0.25, -0.2) is 14.5 Å². The molecule has 82 valence electrons. The van der Waals surface area contributed by atoms with E-state index in [1.807, 2.05) is 32.0 Å². The number of nitrogens with zero attached hydrogens (tertiary/aromatic N) is 3. The molecule has 16 heavy (non-hydrogen) atoms. The highest BCUT2D eigenvalue weighted by atomic mass is 16.4. The van der Waals surface area contributed by atoms with Gasteiger partial charge >= 0.3 is 5.97 Å². The lowest BCUT2D eigenvalue weighted by Gasteiger charge is -2.03. The monoisotopic (exact) mass is 217 g/mol. The van der Waals surface area contributed by atoms with Crippen LogP contribution < -0.4 is 0 Å². The summed E-state index contributed by atoms with van der Waals surface area (Å²) in [5.41, 5.74) is 3.02. The van der Waals surface area contributed by atoms with Crippen molar-refractivity contribution in [3.63, 3.8) is 0 Å². The molecule has 2 rings (SSSR count). The van der Waals surface area contributed by atoms with Gasteiger partial charge in [-0.05, 0) is 37.1 Å². The number of carboxylic acids is 1. The van der Waals surface area contributed by atoms with Crippen molar-refractivity contribution in [3.8, 4) is 5.69 Å². The van der Waals surface area contributed by atoms with Crippen LogP contribution in [0.25, 0.3) is 5.69 Å². The summed E-state index contributed by atoms with van der Waals surface area (Å²) in [6.07, 6.45) is 1.40. The highest BCUT2D eigenvalue weighted by Crippen LogP contribution is 2.12. The van der Waals surface area contributed by atoms with Crippen molar-refractivity contribution in [2.75, 3.05) is 0 Å². The lowest BCUT2D eigenvalue weighted by atomic mass is 10.1. The van der Waals surface area contributed by atoms with Crippen LogP contribution in [0.1, 0.15) is 21.7 Å². The minimum atomic E-state index is -1.12. The Bertz CT molecular complexity index is 526. The van der Waals surface area contributed by atoms with Crippen LogP contribution in [0, 0.1) is 13.8 Å². The van der Waals surface area contributed by atoms with E-state index in [-0.39, 0.29) is 5.82 Å². The lowest BCUT2D eigenvalue weighted by Crippen LogP contribution is -2.02. The van der Waals surface area contributed by atoms with Gasteiger partial charge in [0.25, 0.3) is 5.82 Å². The number of aryl methyl sites for hydroxylation is 2. The number of rotatable bonds is 2. The molecule has 0 aliphatic rings. The Balaban J connectivity index is 2.46. The molecule has 1 aromatic carbocycles. The maximum Gasteiger partial charge on any atom is 0.375 e. The molecule has 0 aliphatic carbocycles. The van der Waals surface area contributed by atoms with Gasteiger partial charge in [-0.2, -0.15) is 0 Å². The predicted octanol–water partition coefficient (Wildman–Crippen LogP) is 1.58. The first-order chi connectivity index (χ1) is 7.56. The average molecular weight is 217 g/mol. The van der Waals surface area contributed by atoms with E-state index < -0.39 is 5.97 Å². The van der Waals surface area contributed by atoms with E-state index in [0.717, 1.165) is 16.8 Å². The Morgan fingerprint density at radius 3 is 2.38 bits per heavy atom. The minimum absolute atomic E-state index is 0.195. The van der Waals surface area contributed by atoms with Gasteiger partial charge < -0.3 is 5.11 Å². The number of benzene rings is 1. The molecule has 0 unspecified atom stereocenters. The average Bonchev–Trinajstić information content (AvgIpc) is 2.64. The number of hydrogen-bond donors (Lipinski definition) is 1. The van der Waals surface area contributed by atoms with E-state index in [4.69, 9.17) is 5.11 Å². The van der Waals surface area contributed by atoms with Crippen molar-refractivity contribution in [2.45, 2.75) is 13.8 Å². The first-order valence-corrected chi connectivity index (χ1v) is 4.80. The zero-order chi connectivity index (χ0) is 11.7. The van der Waals surface area contributed by atoms with E-state index in [1.165, 1.54) is 11.0 Å². The largest absolute Gasteiger partial charge is 0.475 e. The van der Waals surface area contributed by atoms with Crippen LogP contribution in [-0.4, -0.2) is 25.8 Å². The number of carboxylic acid groups (broad SMARTS) is 1. The molecule has 0 spiro atoms. The van der Waals surface area contributed by atoms with E-state index in [0.29, 0.717) is 0 Å². The van der Waals surface area contributed by atoms with Gasteiger partial charge in [-0.3, -0.25) is 0 Å². The second kappa shape index (κ2) is 3.77. The lowest BCUT2D eigenvalue weighted by molar-refractivity contribution is 0.0683. The maximum absolute atomic E-state index is 10.6. The molecule has 0 saturated heterocycles. The Labute approximate surface area is 92.4 Å². The van der Waals surface area contributed by atoms with Gasteiger partial charge in [0.15, 0.2) is 0 Å². The molecule has 0 radical (unpaired) electrons. The zero-order valence-corrected chi connectivity index (χ0v) is 9.01. The first-order valence-electron chi connectivity index (χ1n) is 4.80. The fraction of sp³-hybridized carbons (Fsp3) is 0.182. The molecule has 0 bridgehead atoms. The van der Waals surface area contributed by atoms with E-state index in [2.05, 4.69) is 10.1 Å². The van der Waals surface area contributed by atoms with Gasteiger partial charge in [0.05, 0.1) is 5.69 Å². The topological polar surface area (TPSA) is 68.0 Å². The van der Waals surface area contributed by atoms with Crippen LogP contribution in [0.5, 0.6) is 0 Å². The third-order valence-electron chi connectivity index (χ3n) is 2.15. The molecule has 1 heterocycles. The molecule has 0 amide bonds. The quantitative estimate of drug-likeness (QED) is 0.829. The van der Waals surface area contributed by atoms with E-state index >= 15 is 0 Å². The number of aromatic carboxylic acids is 1. The number of aromatic nitrogens is 3. The maximum atomic E-state index is 10.6. The molecule has 0 fully saturated rings. The van der Waals surface area contributed by atoms with E-state index in [1.54, 1.807) is 0 Å². The summed E-state index contributed by atoms with van der Waals surface area (Å²) in [6, 6.07) is 5.89. The summed E-state index contributed by atoms with van der Waals surface area (Å²) in [5, 5.41) is 12.6. The second-order valence-electron chi connectivity index (χ2n) is 3.66. The van der Waals surface area contributed by atoms with Crippen LogP contribution in [0.15, 0.2) is 24.5 Å². The van der Waals surface area contributed by atoms with Crippen LogP contribution in [0.4, 0.5) is 0 Å². The van der Waals surface area contributed by atoms with Gasteiger partial charge in [0.2, 0.25) is 0 Å². The SMILES string of the molecule is Cc1cc(C)cc(-n2cnc(C(=O)O)n2)c1. The Morgan fingerprint density at radius 1 is 1.25 bits per heavy atom. The van der Waals surface area contributed by atoms with Gasteiger partial charge in [0, 0.05) is 0 Å². The summed E-state index contributed by atoms with van der Waals surface area (Å²) in [4.78, 5) is 14.3. The molecular formula is C11H11N3O2. The minimum Gasteiger partial charge on any atom is -0.475 e. The Morgan fingerprint density at radius 2 is 1.88 bits per heavy atom. The molecule has 1 N–H and O–H groups in total. The molecule has 0 atom stereocenters. The summed E-state index contributed by atoms with van der Waals surface area (Å²) in [5.74, 6) is -1.32. The smallest absolute Gasteiger partial charge is 0.375 e. The van der Waals surface area contributed by atoms with Crippen LogP contribution in [-0.2, 0) is 0 Å². The van der Waals surface area contributed by atoms with Crippen molar-refractivity contribution in [1.29, 1.82) is 0 Å². The number of carbonyl (C=O) groups is 1. The normalized spacial score (nSPS) is 10.4. The van der Waals surface area contributed by atoms with Crippen LogP contribution in [0.2, 0.25) is 0 Å². The third kappa shape index (κ3) is 1.93. The summed E-state index contributed by atoms with van der Waals surface area (Å²) in [6.45, 7) is 3.96. The van der Waals surface area contributed by atoms with Crippen molar-refractivity contribution < 1.29 is 9.90 Å². The fourth-order valence-corrected chi connectivity index (χ4v) is 1.57. The van der Waals surface area contributed by atoms with Crippen molar-refractivity contribution in [1.82, 2.24) is 14.8 Å². The first kappa shape index (κ1) is 10.4. The van der Waals surface area contributed by atoms with Gasteiger partial charge in [0.1, 0.15) is 6.33 Å². The zero-order valence-electron chi connectivity index (χ0n) is 9.01. The molecule has 5 heteroatoms. The van der Waals surface area contributed by atoms with Crippen molar-refractivity contribution >= 4 is 5.97 Å². The van der Waals surface area contributed by atoms with Crippen molar-refractivity contribution in [2.24, 2.45) is 0 Å². The number of hydrogen-bond acceptors (Lipinski definition) is 3. The summed E-state index contributed by atoms with van der Waals surface area (Å²) >= 11 is 0. The molecular weight excluding hydrogens is 206 g/mol. The van der Waals surface area contributed by atoms with Crippen LogP contribution in [0.3, 0.4) is 0 Å². The predicted molar refractivity (Wildman–Crippen MR) is 57.8 cm³/mol. The molecule has 0 saturated carbocycles. The van der Waals surface area contributed by atoms with Crippen molar-refractivity contribution in [3.05, 3.63) is 41.5 Å². The molecule has 1 aromatic heterocycles. The summed E-state index contributed by atoms with van der Waals surface area (Å²) in [7, 11) is 0. The highest BCUT2D eigenvalue weighted by Gasteiger charge is 2.09. The van der Waals surface area contributed by atoms with E-state index in [9.17, 15) is 4.79 Å². The summed E-state index contributed by atoms with van der Waals surface area (Å²) < 4.78 is 1.46. The third-order valence-corrected chi connectivity index (χ3v) is 2.15. The fourth-order valence-electron chi connectivity index (χ4n) is 1.57. The standard InChI is InChI=1S/C11H11N3O2/c1-7-3-8(2)5-9(4-7)14-6-12-10(13-14)11(15)16/h3-6H,1-2H3,(H,15,16). The van der Waals surface area contributed by atoms with Gasteiger partial charge in [-0.1, -0.05) is 6.07 Å². The van der Waals surface area contributed by atoms with Crippen LogP contribution >= 0.6 is 0 Å². The highest BCUT2D eigenvalue weighted by molar-refractivity contribution is 5.82. The molecule has 0 aliphatic heterocycles. The molecule has 2 aromatic rings. The second-order valence-corrected chi connectivity index (χ2v) is 3.66. The molecule has 5 nitrogen and oxygen atoms in total. The Kier molecular flexibility index (Phi) is 2.44.